The van der Waals surface area contributed by atoms with Gasteiger partial charge in [0.15, 0.2) is 0 Å². The van der Waals surface area contributed by atoms with E-state index in [1.54, 1.807) is 0 Å². The van der Waals surface area contributed by atoms with Crippen LogP contribution in [0.25, 0.3) is 0 Å². The predicted molar refractivity (Wildman–Crippen MR) is 59.8 cm³/mol. The van der Waals surface area contributed by atoms with Gasteiger partial charge >= 0.3 is 0 Å². The van der Waals surface area contributed by atoms with E-state index in [0.29, 0.717) is 0 Å². The van der Waals surface area contributed by atoms with E-state index in [1.165, 1.54) is 6.42 Å². The number of nitrogens with two attached hydrogens (primary N) is 1. The number of nitrogens with zero attached hydrogens (tertiary/aromatic N) is 1. The summed E-state index contributed by atoms with van der Waals surface area (Å²) in [5.74, 6) is 0.731. The third-order valence-electron chi connectivity index (χ3n) is 3.41. The van der Waals surface area contributed by atoms with Gasteiger partial charge in [-0.3, -0.25) is 0 Å². The lowest BCUT2D eigenvalue weighted by Crippen LogP contribution is -2.53. The van der Waals surface area contributed by atoms with Crippen LogP contribution in [0.3, 0.4) is 0 Å². The zero-order chi connectivity index (χ0) is 10.6. The van der Waals surface area contributed by atoms with Gasteiger partial charge in [0.2, 0.25) is 0 Å². The quantitative estimate of drug-likeness (QED) is 0.712. The average molecular weight is 186 g/mol. The Kier molecular flexibility index (Phi) is 4.93. The smallest absolute Gasteiger partial charge is 0.0298 e. The van der Waals surface area contributed by atoms with E-state index in [-0.39, 0.29) is 11.6 Å². The third kappa shape index (κ3) is 3.65. The Morgan fingerprint density at radius 2 is 1.77 bits per heavy atom. The van der Waals surface area contributed by atoms with Gasteiger partial charge in [0.25, 0.3) is 0 Å². The molecule has 13 heavy (non-hydrogen) atoms. The Morgan fingerprint density at radius 1 is 1.31 bits per heavy atom. The van der Waals surface area contributed by atoms with Gasteiger partial charge in [-0.05, 0) is 40.3 Å². The number of rotatable bonds is 5. The second kappa shape index (κ2) is 4.97. The standard InChI is InChI=1S/C11H26N2/c1-7-9(2)8-10(12)11(3,4)13(5)6/h9-10H,7-8,12H2,1-6H3. The summed E-state index contributed by atoms with van der Waals surface area (Å²) in [6.45, 7) is 8.91. The maximum atomic E-state index is 6.19. The minimum absolute atomic E-state index is 0.101. The van der Waals surface area contributed by atoms with Crippen molar-refractivity contribution in [1.29, 1.82) is 0 Å². The molecule has 0 saturated heterocycles. The molecule has 0 bridgehead atoms. The summed E-state index contributed by atoms with van der Waals surface area (Å²) >= 11 is 0. The summed E-state index contributed by atoms with van der Waals surface area (Å²) in [7, 11) is 4.19. The third-order valence-corrected chi connectivity index (χ3v) is 3.41. The van der Waals surface area contributed by atoms with Crippen molar-refractivity contribution in [2.45, 2.75) is 52.1 Å². The lowest BCUT2D eigenvalue weighted by molar-refractivity contribution is 0.144. The summed E-state index contributed by atoms with van der Waals surface area (Å²) in [6, 6.07) is 0.262. The van der Waals surface area contributed by atoms with Crippen molar-refractivity contribution in [1.82, 2.24) is 4.90 Å². The number of likely N-dealkylation sites (N-methyl/N-ethyl adjacent to an activating group) is 1. The number of hydrogen-bond donors (Lipinski definition) is 1. The van der Waals surface area contributed by atoms with Crippen molar-refractivity contribution in [3.05, 3.63) is 0 Å². The molecule has 0 aromatic carbocycles. The van der Waals surface area contributed by atoms with E-state index < -0.39 is 0 Å². The molecule has 0 amide bonds. The first kappa shape index (κ1) is 12.9. The van der Waals surface area contributed by atoms with Crippen molar-refractivity contribution in [2.75, 3.05) is 14.1 Å². The predicted octanol–water partition coefficient (Wildman–Crippen LogP) is 2.09. The Bertz CT molecular complexity index is 141. The van der Waals surface area contributed by atoms with Gasteiger partial charge in [-0.15, -0.1) is 0 Å². The van der Waals surface area contributed by atoms with Gasteiger partial charge in [0.1, 0.15) is 0 Å². The van der Waals surface area contributed by atoms with Gasteiger partial charge < -0.3 is 10.6 Å². The van der Waals surface area contributed by atoms with Crippen LogP contribution < -0.4 is 5.73 Å². The topological polar surface area (TPSA) is 29.3 Å². The minimum Gasteiger partial charge on any atom is -0.326 e. The molecule has 80 valence electrons. The molecule has 2 N–H and O–H groups in total. The van der Waals surface area contributed by atoms with Crippen LogP contribution >= 0.6 is 0 Å². The molecule has 0 aromatic rings. The van der Waals surface area contributed by atoms with Gasteiger partial charge in [-0.1, -0.05) is 20.3 Å². The molecule has 0 aliphatic heterocycles. The molecule has 0 rings (SSSR count). The van der Waals surface area contributed by atoms with Crippen LogP contribution in [0.15, 0.2) is 0 Å². The van der Waals surface area contributed by atoms with Gasteiger partial charge in [-0.25, -0.2) is 0 Å². The fourth-order valence-electron chi connectivity index (χ4n) is 1.22. The van der Waals surface area contributed by atoms with Crippen molar-refractivity contribution in [3.8, 4) is 0 Å². The fourth-order valence-corrected chi connectivity index (χ4v) is 1.22. The molecule has 2 unspecified atom stereocenters. The highest BCUT2D eigenvalue weighted by Crippen LogP contribution is 2.20. The average Bonchev–Trinajstić information content (AvgIpc) is 2.03. The van der Waals surface area contributed by atoms with Crippen LogP contribution in [-0.2, 0) is 0 Å². The van der Waals surface area contributed by atoms with Crippen molar-refractivity contribution < 1.29 is 0 Å². The van der Waals surface area contributed by atoms with Crippen LogP contribution in [0.5, 0.6) is 0 Å². The normalized spacial score (nSPS) is 17.5. The van der Waals surface area contributed by atoms with Gasteiger partial charge in [-0.2, -0.15) is 0 Å². The molecular formula is C11H26N2. The molecule has 0 heterocycles. The van der Waals surface area contributed by atoms with Crippen LogP contribution in [-0.4, -0.2) is 30.6 Å². The van der Waals surface area contributed by atoms with E-state index in [4.69, 9.17) is 5.73 Å². The zero-order valence-electron chi connectivity index (χ0n) is 10.1. The first-order valence-corrected chi connectivity index (χ1v) is 5.25. The van der Waals surface area contributed by atoms with Crippen LogP contribution in [0.2, 0.25) is 0 Å². The van der Waals surface area contributed by atoms with E-state index >= 15 is 0 Å². The molecule has 2 heteroatoms. The Labute approximate surface area is 83.5 Å². The Balaban J connectivity index is 4.16. The molecule has 2 atom stereocenters. The zero-order valence-corrected chi connectivity index (χ0v) is 10.1. The van der Waals surface area contributed by atoms with E-state index in [1.807, 2.05) is 0 Å². The molecule has 0 spiro atoms. The van der Waals surface area contributed by atoms with E-state index in [2.05, 4.69) is 46.7 Å². The first-order chi connectivity index (χ1) is 5.82. The molecule has 0 saturated carbocycles. The molecule has 0 aliphatic rings. The Hall–Kier alpha value is -0.0800. The van der Waals surface area contributed by atoms with Crippen LogP contribution in [0.4, 0.5) is 0 Å². The summed E-state index contributed by atoms with van der Waals surface area (Å²) in [5, 5.41) is 0. The highest BCUT2D eigenvalue weighted by atomic mass is 15.2. The summed E-state index contributed by atoms with van der Waals surface area (Å²) < 4.78 is 0. The number of hydrogen-bond acceptors (Lipinski definition) is 2. The molecule has 2 nitrogen and oxygen atoms in total. The van der Waals surface area contributed by atoms with Crippen molar-refractivity contribution in [3.63, 3.8) is 0 Å². The van der Waals surface area contributed by atoms with E-state index in [0.717, 1.165) is 12.3 Å². The fraction of sp³-hybridized carbons (Fsp3) is 1.00. The second-order valence-corrected chi connectivity index (χ2v) is 4.90. The molecule has 0 fully saturated rings. The molecule has 0 radical (unpaired) electrons. The summed E-state index contributed by atoms with van der Waals surface area (Å²) in [6.07, 6.45) is 2.33. The second-order valence-electron chi connectivity index (χ2n) is 4.90. The molecular weight excluding hydrogens is 160 g/mol. The van der Waals surface area contributed by atoms with Crippen LogP contribution in [0.1, 0.15) is 40.5 Å². The van der Waals surface area contributed by atoms with Crippen molar-refractivity contribution >= 4 is 0 Å². The minimum atomic E-state index is 0.101. The maximum absolute atomic E-state index is 6.19. The highest BCUT2D eigenvalue weighted by Gasteiger charge is 2.29. The lowest BCUT2D eigenvalue weighted by Gasteiger charge is -2.39. The maximum Gasteiger partial charge on any atom is 0.0298 e. The van der Waals surface area contributed by atoms with E-state index in [9.17, 15) is 0 Å². The van der Waals surface area contributed by atoms with Gasteiger partial charge in [0, 0.05) is 11.6 Å². The van der Waals surface area contributed by atoms with Crippen LogP contribution in [0, 0.1) is 5.92 Å². The van der Waals surface area contributed by atoms with Gasteiger partial charge in [0.05, 0.1) is 0 Å². The molecule has 0 aromatic heterocycles. The lowest BCUT2D eigenvalue weighted by atomic mass is 9.86. The highest BCUT2D eigenvalue weighted by molar-refractivity contribution is 4.89. The first-order valence-electron chi connectivity index (χ1n) is 5.25. The largest absolute Gasteiger partial charge is 0.326 e. The monoisotopic (exact) mass is 186 g/mol. The summed E-state index contributed by atoms with van der Waals surface area (Å²) in [4.78, 5) is 2.21. The Morgan fingerprint density at radius 3 is 2.08 bits per heavy atom. The van der Waals surface area contributed by atoms with Crippen molar-refractivity contribution in [2.24, 2.45) is 11.7 Å². The summed E-state index contributed by atoms with van der Waals surface area (Å²) in [5.41, 5.74) is 6.29. The molecule has 0 aliphatic carbocycles. The SMILES string of the molecule is CCC(C)CC(N)C(C)(C)N(C)C.